The smallest absolute Gasteiger partial charge is 0.266 e. The molecule has 0 aromatic heterocycles. The first kappa shape index (κ1) is 10.1. The second kappa shape index (κ2) is 3.79. The first-order chi connectivity index (χ1) is 6.04. The Labute approximate surface area is 74.4 Å². The quantitative estimate of drug-likeness (QED) is 0.760. The average molecular weight is 189 g/mol. The Kier molecular flexibility index (Phi) is 2.93. The molecule has 1 unspecified atom stereocenters. The van der Waals surface area contributed by atoms with Crippen LogP contribution in [-0.2, 0) is 0 Å². The minimum Gasteiger partial charge on any atom is -0.324 e. The summed E-state index contributed by atoms with van der Waals surface area (Å²) in [5.74, 6) is -0.896. The topological polar surface area (TPSA) is 26.0 Å². The van der Waals surface area contributed by atoms with Gasteiger partial charge >= 0.3 is 0 Å². The van der Waals surface area contributed by atoms with E-state index in [-0.39, 0.29) is 5.56 Å². The van der Waals surface area contributed by atoms with Gasteiger partial charge in [0.05, 0.1) is 5.56 Å². The molecule has 0 radical (unpaired) electrons. The summed E-state index contributed by atoms with van der Waals surface area (Å²) in [6.45, 7) is 1.55. The van der Waals surface area contributed by atoms with Gasteiger partial charge in [-0.25, -0.2) is 13.2 Å². The van der Waals surface area contributed by atoms with Gasteiger partial charge in [0.2, 0.25) is 0 Å². The standard InChI is InChI=1S/C9H10F3N/c1-5(13)6-3-2-4-7(8(6)10)9(11)12/h2-5,9H,13H2,1H3. The van der Waals surface area contributed by atoms with Crippen molar-refractivity contribution < 1.29 is 13.2 Å². The molecule has 1 rings (SSSR count). The van der Waals surface area contributed by atoms with Crippen LogP contribution < -0.4 is 5.73 Å². The molecule has 0 saturated heterocycles. The van der Waals surface area contributed by atoms with E-state index in [1.807, 2.05) is 0 Å². The number of hydrogen-bond acceptors (Lipinski definition) is 1. The summed E-state index contributed by atoms with van der Waals surface area (Å²) in [5.41, 5.74) is 4.93. The van der Waals surface area contributed by atoms with E-state index in [2.05, 4.69) is 0 Å². The Morgan fingerprint density at radius 3 is 2.23 bits per heavy atom. The van der Waals surface area contributed by atoms with Crippen molar-refractivity contribution in [3.63, 3.8) is 0 Å². The van der Waals surface area contributed by atoms with Crippen LogP contribution >= 0.6 is 0 Å². The largest absolute Gasteiger partial charge is 0.324 e. The Balaban J connectivity index is 3.18. The summed E-state index contributed by atoms with van der Waals surface area (Å²) in [5, 5.41) is 0. The molecule has 0 aliphatic carbocycles. The van der Waals surface area contributed by atoms with Crippen molar-refractivity contribution in [2.75, 3.05) is 0 Å². The summed E-state index contributed by atoms with van der Waals surface area (Å²) in [6.07, 6.45) is -2.79. The lowest BCUT2D eigenvalue weighted by Gasteiger charge is -2.09. The fraction of sp³-hybridized carbons (Fsp3) is 0.333. The van der Waals surface area contributed by atoms with Crippen LogP contribution in [-0.4, -0.2) is 0 Å². The number of benzene rings is 1. The third-order valence-electron chi connectivity index (χ3n) is 1.78. The zero-order valence-electron chi connectivity index (χ0n) is 7.10. The number of rotatable bonds is 2. The summed E-state index contributed by atoms with van der Waals surface area (Å²) < 4.78 is 37.6. The molecule has 72 valence electrons. The first-order valence-electron chi connectivity index (χ1n) is 3.86. The highest BCUT2D eigenvalue weighted by atomic mass is 19.3. The predicted molar refractivity (Wildman–Crippen MR) is 44.0 cm³/mol. The lowest BCUT2D eigenvalue weighted by atomic mass is 10.0. The molecule has 0 spiro atoms. The summed E-state index contributed by atoms with van der Waals surface area (Å²) in [7, 11) is 0. The molecule has 13 heavy (non-hydrogen) atoms. The highest BCUT2D eigenvalue weighted by molar-refractivity contribution is 5.28. The van der Waals surface area contributed by atoms with Crippen LogP contribution in [0.5, 0.6) is 0 Å². The molecular weight excluding hydrogens is 179 g/mol. The summed E-state index contributed by atoms with van der Waals surface area (Å²) >= 11 is 0. The van der Waals surface area contributed by atoms with Gasteiger partial charge < -0.3 is 5.73 Å². The second-order valence-electron chi connectivity index (χ2n) is 2.84. The highest BCUT2D eigenvalue weighted by Crippen LogP contribution is 2.26. The molecule has 0 heterocycles. The fourth-order valence-corrected chi connectivity index (χ4v) is 1.09. The van der Waals surface area contributed by atoms with Gasteiger partial charge in [0.25, 0.3) is 6.43 Å². The Morgan fingerprint density at radius 1 is 1.23 bits per heavy atom. The van der Waals surface area contributed by atoms with Gasteiger partial charge in [0.15, 0.2) is 0 Å². The maximum absolute atomic E-state index is 13.2. The molecule has 0 aliphatic heterocycles. The molecule has 0 fully saturated rings. The summed E-state index contributed by atoms with van der Waals surface area (Å²) in [6, 6.07) is 3.28. The van der Waals surface area contributed by atoms with Crippen LogP contribution in [0.25, 0.3) is 0 Å². The molecule has 4 heteroatoms. The monoisotopic (exact) mass is 189 g/mol. The van der Waals surface area contributed by atoms with Crippen LogP contribution in [0.2, 0.25) is 0 Å². The molecule has 1 nitrogen and oxygen atoms in total. The van der Waals surface area contributed by atoms with E-state index in [1.165, 1.54) is 12.1 Å². The van der Waals surface area contributed by atoms with Crippen LogP contribution in [0.3, 0.4) is 0 Å². The molecule has 0 saturated carbocycles. The Bertz CT molecular complexity index is 271. The van der Waals surface area contributed by atoms with Gasteiger partial charge in [0.1, 0.15) is 5.82 Å². The molecule has 1 atom stereocenters. The maximum Gasteiger partial charge on any atom is 0.266 e. The van der Waals surface area contributed by atoms with E-state index in [1.54, 1.807) is 6.92 Å². The predicted octanol–water partition coefficient (Wildman–Crippen LogP) is 2.78. The number of halogens is 3. The van der Waals surface area contributed by atoms with Gasteiger partial charge in [-0.2, -0.15) is 0 Å². The lowest BCUT2D eigenvalue weighted by molar-refractivity contribution is 0.146. The van der Waals surface area contributed by atoms with Gasteiger partial charge in [-0.1, -0.05) is 18.2 Å². The highest BCUT2D eigenvalue weighted by Gasteiger charge is 2.17. The summed E-state index contributed by atoms with van der Waals surface area (Å²) in [4.78, 5) is 0. The minimum absolute atomic E-state index is 0.123. The maximum atomic E-state index is 13.2. The molecule has 0 bridgehead atoms. The van der Waals surface area contributed by atoms with Gasteiger partial charge in [0, 0.05) is 11.6 Å². The van der Waals surface area contributed by atoms with Crippen molar-refractivity contribution in [2.24, 2.45) is 5.73 Å². The normalized spacial score (nSPS) is 13.4. The van der Waals surface area contributed by atoms with Crippen LogP contribution in [0, 0.1) is 5.82 Å². The molecule has 0 amide bonds. The Morgan fingerprint density at radius 2 is 1.77 bits per heavy atom. The average Bonchev–Trinajstić information content (AvgIpc) is 2.03. The zero-order chi connectivity index (χ0) is 10.0. The molecule has 1 aromatic carbocycles. The number of alkyl halides is 2. The van der Waals surface area contributed by atoms with Crippen molar-refractivity contribution in [3.05, 3.63) is 35.1 Å². The SMILES string of the molecule is CC(N)c1cccc(C(F)F)c1F. The molecular formula is C9H10F3N. The van der Waals surface area contributed by atoms with Crippen LogP contribution in [0.1, 0.15) is 30.5 Å². The van der Waals surface area contributed by atoms with Gasteiger partial charge in [-0.15, -0.1) is 0 Å². The van der Waals surface area contributed by atoms with Crippen molar-refractivity contribution in [1.29, 1.82) is 0 Å². The number of hydrogen-bond donors (Lipinski definition) is 1. The van der Waals surface area contributed by atoms with E-state index in [0.29, 0.717) is 0 Å². The first-order valence-corrected chi connectivity index (χ1v) is 3.86. The van der Waals surface area contributed by atoms with E-state index in [0.717, 1.165) is 6.07 Å². The third-order valence-corrected chi connectivity index (χ3v) is 1.78. The molecule has 1 aromatic rings. The van der Waals surface area contributed by atoms with E-state index >= 15 is 0 Å². The van der Waals surface area contributed by atoms with Gasteiger partial charge in [-0.05, 0) is 6.92 Å². The fourth-order valence-electron chi connectivity index (χ4n) is 1.09. The lowest BCUT2D eigenvalue weighted by Crippen LogP contribution is -2.09. The van der Waals surface area contributed by atoms with E-state index in [4.69, 9.17) is 5.73 Å². The zero-order valence-corrected chi connectivity index (χ0v) is 7.10. The third kappa shape index (κ3) is 2.01. The van der Waals surface area contributed by atoms with E-state index < -0.39 is 23.8 Å². The number of nitrogens with two attached hydrogens (primary N) is 1. The van der Waals surface area contributed by atoms with Crippen molar-refractivity contribution in [3.8, 4) is 0 Å². The van der Waals surface area contributed by atoms with E-state index in [9.17, 15) is 13.2 Å². The molecule has 2 N–H and O–H groups in total. The Hall–Kier alpha value is -1.03. The van der Waals surface area contributed by atoms with Crippen LogP contribution in [0.15, 0.2) is 18.2 Å². The van der Waals surface area contributed by atoms with Crippen molar-refractivity contribution >= 4 is 0 Å². The second-order valence-corrected chi connectivity index (χ2v) is 2.84. The minimum atomic E-state index is -2.79. The van der Waals surface area contributed by atoms with Crippen LogP contribution in [0.4, 0.5) is 13.2 Å². The van der Waals surface area contributed by atoms with Crippen molar-refractivity contribution in [1.82, 2.24) is 0 Å². The van der Waals surface area contributed by atoms with Gasteiger partial charge in [-0.3, -0.25) is 0 Å². The molecule has 0 aliphatic rings. The van der Waals surface area contributed by atoms with Crippen molar-refractivity contribution in [2.45, 2.75) is 19.4 Å².